The number of nitro groups is 1. The van der Waals surface area contributed by atoms with Crippen molar-refractivity contribution in [2.45, 2.75) is 18.6 Å². The average molecular weight is 303 g/mol. The molecule has 1 aliphatic heterocycles. The maximum absolute atomic E-state index is 12.9. The van der Waals surface area contributed by atoms with Gasteiger partial charge in [0, 0.05) is 12.1 Å². The molecule has 112 valence electrons. The molecule has 1 atom stereocenters. The molecule has 1 fully saturated rings. The van der Waals surface area contributed by atoms with Gasteiger partial charge >= 0.3 is 12.2 Å². The molecule has 1 aromatic carbocycles. The topological polar surface area (TPSA) is 92.6 Å². The van der Waals surface area contributed by atoms with E-state index in [4.69, 9.17) is 0 Å². The molecule has 0 aliphatic carbocycles. The standard InChI is InChI=1S/C11H8F3N3O4/c1-10(11(12,13)14)8(18)16(9(19)15-10)6-3-2-4-7(5-6)17(20)21/h2-5H,1H3,(H,15,19). The average Bonchev–Trinajstić information content (AvgIpc) is 2.60. The second-order valence-electron chi connectivity index (χ2n) is 4.47. The summed E-state index contributed by atoms with van der Waals surface area (Å²) in [4.78, 5) is 33.7. The van der Waals surface area contributed by atoms with E-state index in [0.29, 0.717) is 6.92 Å². The maximum Gasteiger partial charge on any atom is 0.420 e. The van der Waals surface area contributed by atoms with Crippen LogP contribution in [0.15, 0.2) is 24.3 Å². The third kappa shape index (κ3) is 2.18. The summed E-state index contributed by atoms with van der Waals surface area (Å²) in [5.74, 6) is -1.54. The number of alkyl halides is 3. The lowest BCUT2D eigenvalue weighted by Crippen LogP contribution is -2.56. The zero-order valence-electron chi connectivity index (χ0n) is 10.5. The number of urea groups is 1. The van der Waals surface area contributed by atoms with Crippen LogP contribution in [-0.4, -0.2) is 28.6 Å². The van der Waals surface area contributed by atoms with Crippen LogP contribution in [0, 0.1) is 10.1 Å². The van der Waals surface area contributed by atoms with Gasteiger partial charge < -0.3 is 5.32 Å². The number of nitro benzene ring substituents is 1. The van der Waals surface area contributed by atoms with Gasteiger partial charge in [-0.2, -0.15) is 13.2 Å². The molecule has 2 rings (SSSR count). The van der Waals surface area contributed by atoms with Crippen molar-refractivity contribution in [2.24, 2.45) is 0 Å². The predicted octanol–water partition coefficient (Wildman–Crippen LogP) is 1.97. The smallest absolute Gasteiger partial charge is 0.315 e. The first-order chi connectivity index (χ1) is 9.58. The summed E-state index contributed by atoms with van der Waals surface area (Å²) in [5.41, 5.74) is -3.82. The van der Waals surface area contributed by atoms with E-state index in [-0.39, 0.29) is 10.6 Å². The van der Waals surface area contributed by atoms with Crippen molar-refractivity contribution in [1.82, 2.24) is 5.32 Å². The Labute approximate surface area is 115 Å². The third-order valence-electron chi connectivity index (χ3n) is 3.06. The van der Waals surface area contributed by atoms with Crippen LogP contribution in [0.25, 0.3) is 0 Å². The van der Waals surface area contributed by atoms with Crippen LogP contribution in [0.2, 0.25) is 0 Å². The normalized spacial score (nSPS) is 22.4. The zero-order valence-corrected chi connectivity index (χ0v) is 10.5. The van der Waals surface area contributed by atoms with Gasteiger partial charge in [-0.1, -0.05) is 6.07 Å². The predicted molar refractivity (Wildman–Crippen MR) is 63.6 cm³/mol. The van der Waals surface area contributed by atoms with E-state index in [0.717, 1.165) is 24.3 Å². The summed E-state index contributed by atoms with van der Waals surface area (Å²) in [7, 11) is 0. The lowest BCUT2D eigenvalue weighted by Gasteiger charge is -2.24. The van der Waals surface area contributed by atoms with Gasteiger partial charge in [-0.15, -0.1) is 0 Å². The Morgan fingerprint density at radius 1 is 1.33 bits per heavy atom. The Balaban J connectivity index is 2.47. The molecule has 7 nitrogen and oxygen atoms in total. The highest BCUT2D eigenvalue weighted by Crippen LogP contribution is 2.37. The van der Waals surface area contributed by atoms with Gasteiger partial charge in [-0.05, 0) is 13.0 Å². The Morgan fingerprint density at radius 3 is 2.43 bits per heavy atom. The van der Waals surface area contributed by atoms with Crippen LogP contribution in [0.3, 0.4) is 0 Å². The summed E-state index contributed by atoms with van der Waals surface area (Å²) in [6, 6.07) is 2.94. The number of amides is 3. The molecule has 1 N–H and O–H groups in total. The number of nitrogens with one attached hydrogen (secondary N) is 1. The van der Waals surface area contributed by atoms with Gasteiger partial charge in [0.15, 0.2) is 0 Å². The van der Waals surface area contributed by atoms with Crippen molar-refractivity contribution < 1.29 is 27.7 Å². The number of hydrogen-bond acceptors (Lipinski definition) is 4. The van der Waals surface area contributed by atoms with E-state index in [2.05, 4.69) is 0 Å². The fraction of sp³-hybridized carbons (Fsp3) is 0.273. The molecule has 10 heteroatoms. The van der Waals surface area contributed by atoms with Crippen molar-refractivity contribution in [3.8, 4) is 0 Å². The van der Waals surface area contributed by atoms with Gasteiger partial charge in [0.05, 0.1) is 10.6 Å². The van der Waals surface area contributed by atoms with Gasteiger partial charge in [0.1, 0.15) is 0 Å². The minimum Gasteiger partial charge on any atom is -0.315 e. The summed E-state index contributed by atoms with van der Waals surface area (Å²) in [6.45, 7) is 0.532. The van der Waals surface area contributed by atoms with Crippen LogP contribution in [0.1, 0.15) is 6.92 Å². The number of halogens is 3. The number of nitrogens with zero attached hydrogens (tertiary/aromatic N) is 2. The van der Waals surface area contributed by atoms with E-state index >= 15 is 0 Å². The molecule has 1 aromatic rings. The molecule has 0 saturated carbocycles. The largest absolute Gasteiger partial charge is 0.420 e. The summed E-state index contributed by atoms with van der Waals surface area (Å²) < 4.78 is 38.7. The van der Waals surface area contributed by atoms with Crippen molar-refractivity contribution in [1.29, 1.82) is 0 Å². The first-order valence-corrected chi connectivity index (χ1v) is 5.56. The van der Waals surface area contributed by atoms with Crippen LogP contribution >= 0.6 is 0 Å². The van der Waals surface area contributed by atoms with Crippen molar-refractivity contribution in [2.75, 3.05) is 4.90 Å². The summed E-state index contributed by atoms with van der Waals surface area (Å²) >= 11 is 0. The quantitative estimate of drug-likeness (QED) is 0.513. The number of imide groups is 1. The van der Waals surface area contributed by atoms with Crippen molar-refractivity contribution >= 4 is 23.3 Å². The maximum atomic E-state index is 12.9. The molecule has 21 heavy (non-hydrogen) atoms. The van der Waals surface area contributed by atoms with Crippen molar-refractivity contribution in [3.63, 3.8) is 0 Å². The van der Waals surface area contributed by atoms with Gasteiger partial charge in [0.2, 0.25) is 5.54 Å². The second kappa shape index (κ2) is 4.43. The first kappa shape index (κ1) is 14.8. The van der Waals surface area contributed by atoms with E-state index in [9.17, 15) is 32.9 Å². The molecule has 0 bridgehead atoms. The van der Waals surface area contributed by atoms with Crippen molar-refractivity contribution in [3.05, 3.63) is 34.4 Å². The molecule has 1 aliphatic rings. The van der Waals surface area contributed by atoms with E-state index in [1.807, 2.05) is 0 Å². The number of anilines is 1. The van der Waals surface area contributed by atoms with Gasteiger partial charge in [0.25, 0.3) is 11.6 Å². The number of rotatable bonds is 2. The highest BCUT2D eigenvalue weighted by molar-refractivity contribution is 6.23. The molecule has 1 saturated heterocycles. The molecule has 0 aromatic heterocycles. The summed E-state index contributed by atoms with van der Waals surface area (Å²) in [5, 5.41) is 12.2. The number of carbonyl (C=O) groups excluding carboxylic acids is 2. The highest BCUT2D eigenvalue weighted by Gasteiger charge is 2.64. The number of benzene rings is 1. The Morgan fingerprint density at radius 2 is 1.95 bits per heavy atom. The lowest BCUT2D eigenvalue weighted by molar-refractivity contribution is -0.384. The van der Waals surface area contributed by atoms with Crippen LogP contribution in [0.5, 0.6) is 0 Å². The summed E-state index contributed by atoms with van der Waals surface area (Å²) in [6.07, 6.45) is -4.99. The molecule has 1 heterocycles. The highest BCUT2D eigenvalue weighted by atomic mass is 19.4. The van der Waals surface area contributed by atoms with E-state index in [1.54, 1.807) is 5.32 Å². The number of carbonyl (C=O) groups is 2. The fourth-order valence-electron chi connectivity index (χ4n) is 1.81. The van der Waals surface area contributed by atoms with E-state index < -0.39 is 34.3 Å². The molecule has 0 radical (unpaired) electrons. The second-order valence-corrected chi connectivity index (χ2v) is 4.47. The Hall–Kier alpha value is -2.65. The van der Waals surface area contributed by atoms with Gasteiger partial charge in [-0.3, -0.25) is 14.9 Å². The fourth-order valence-corrected chi connectivity index (χ4v) is 1.81. The van der Waals surface area contributed by atoms with Crippen LogP contribution in [-0.2, 0) is 4.79 Å². The number of non-ortho nitro benzene ring substituents is 1. The molecular formula is C11H8F3N3O4. The van der Waals surface area contributed by atoms with Crippen LogP contribution in [0.4, 0.5) is 29.3 Å². The molecule has 0 spiro atoms. The Bertz CT molecular complexity index is 646. The van der Waals surface area contributed by atoms with E-state index in [1.165, 1.54) is 0 Å². The molecule has 1 unspecified atom stereocenters. The SMILES string of the molecule is CC1(C(F)(F)F)NC(=O)N(c2cccc([N+](=O)[O-])c2)C1=O. The minimum absolute atomic E-state index is 0.237. The lowest BCUT2D eigenvalue weighted by atomic mass is 10.0. The zero-order chi connectivity index (χ0) is 16.0. The van der Waals surface area contributed by atoms with Gasteiger partial charge in [-0.25, -0.2) is 9.69 Å². The van der Waals surface area contributed by atoms with Crippen LogP contribution < -0.4 is 10.2 Å². The third-order valence-corrected chi connectivity index (χ3v) is 3.06. The molecular weight excluding hydrogens is 295 g/mol. The minimum atomic E-state index is -4.99. The molecule has 3 amide bonds. The monoisotopic (exact) mass is 303 g/mol. The number of hydrogen-bond donors (Lipinski definition) is 1. The Kier molecular flexibility index (Phi) is 3.11. The first-order valence-electron chi connectivity index (χ1n) is 5.56.